The Balaban J connectivity index is 1.68. The largest absolute Gasteiger partial charge is 0.497 e. The van der Waals surface area contributed by atoms with Gasteiger partial charge in [-0.25, -0.2) is 10.8 Å². The molecule has 0 aliphatic carbocycles. The van der Waals surface area contributed by atoms with Crippen molar-refractivity contribution in [2.24, 2.45) is 11.6 Å². The molecule has 0 radical (unpaired) electrons. The number of rotatable bonds is 5. The summed E-state index contributed by atoms with van der Waals surface area (Å²) in [5, 5.41) is 5.77. The number of aryl methyl sites for hydroxylation is 1. The van der Waals surface area contributed by atoms with Gasteiger partial charge in [0, 0.05) is 31.0 Å². The van der Waals surface area contributed by atoms with E-state index in [0.29, 0.717) is 48.1 Å². The first-order valence-electron chi connectivity index (χ1n) is 10.7. The number of allylic oxidation sites excluding steroid dienone is 2. The van der Waals surface area contributed by atoms with E-state index in [9.17, 15) is 0 Å². The molecule has 0 unspecified atom stereocenters. The number of hydrogen-bond acceptors (Lipinski definition) is 8. The maximum absolute atomic E-state index is 6.68. The van der Waals surface area contributed by atoms with Gasteiger partial charge in [-0.1, -0.05) is 42.4 Å². The van der Waals surface area contributed by atoms with Crippen LogP contribution in [0, 0.1) is 0 Å². The summed E-state index contributed by atoms with van der Waals surface area (Å²) in [6, 6.07) is 15.8. The standard InChI is InChI=1S/C24H25N7O2/c1-3-22-28-24(29-33-22)23-21-13-19(17(25)11-15-7-5-4-6-8-15)31(26)20-12-16(32-2)9-10-18(20)30(21)14-27-23/h4-10,12,14H,3,11,13,25-26H2,1-2H3/b19-17-. The molecule has 168 valence electrons. The lowest BCUT2D eigenvalue weighted by molar-refractivity contribution is 0.382. The monoisotopic (exact) mass is 443 g/mol. The second kappa shape index (κ2) is 8.44. The molecular weight excluding hydrogens is 418 g/mol. The third kappa shape index (κ3) is 3.72. The highest BCUT2D eigenvalue weighted by molar-refractivity contribution is 5.71. The molecule has 0 amide bonds. The van der Waals surface area contributed by atoms with Gasteiger partial charge in [0.1, 0.15) is 17.8 Å². The van der Waals surface area contributed by atoms with Gasteiger partial charge in [-0.15, -0.1) is 0 Å². The fourth-order valence-electron chi connectivity index (χ4n) is 4.03. The van der Waals surface area contributed by atoms with Crippen molar-refractivity contribution in [3.05, 3.63) is 83.4 Å². The Morgan fingerprint density at radius 3 is 2.70 bits per heavy atom. The van der Waals surface area contributed by atoms with E-state index in [-0.39, 0.29) is 0 Å². The zero-order valence-corrected chi connectivity index (χ0v) is 18.5. The maximum atomic E-state index is 6.68. The number of imidazole rings is 1. The number of methoxy groups -OCH3 is 1. The van der Waals surface area contributed by atoms with E-state index < -0.39 is 0 Å². The number of ether oxygens (including phenoxy) is 1. The van der Waals surface area contributed by atoms with Gasteiger partial charge >= 0.3 is 0 Å². The summed E-state index contributed by atoms with van der Waals surface area (Å²) in [5.74, 6) is 8.38. The SMILES string of the molecule is CCc1nc(-c2ncn3c2C/C(=C(/N)Cc2ccccc2)N(N)c2cc(OC)ccc2-3)no1. The molecule has 5 rings (SSSR count). The van der Waals surface area contributed by atoms with Crippen LogP contribution in [-0.4, -0.2) is 26.8 Å². The van der Waals surface area contributed by atoms with Crippen molar-refractivity contribution in [1.29, 1.82) is 0 Å². The Bertz CT molecular complexity index is 1320. The third-order valence-electron chi connectivity index (χ3n) is 5.78. The van der Waals surface area contributed by atoms with Crippen LogP contribution in [0.3, 0.4) is 0 Å². The summed E-state index contributed by atoms with van der Waals surface area (Å²) in [5.41, 5.74) is 12.3. The molecule has 0 saturated carbocycles. The van der Waals surface area contributed by atoms with Crippen LogP contribution in [0.4, 0.5) is 5.69 Å². The van der Waals surface area contributed by atoms with Gasteiger partial charge in [0.25, 0.3) is 0 Å². The molecule has 1 aliphatic rings. The summed E-state index contributed by atoms with van der Waals surface area (Å²) < 4.78 is 12.8. The molecule has 4 N–H and O–H groups in total. The fraction of sp³-hybridized carbons (Fsp3) is 0.208. The van der Waals surface area contributed by atoms with Gasteiger partial charge in [0.2, 0.25) is 11.7 Å². The van der Waals surface area contributed by atoms with Gasteiger partial charge in [0.15, 0.2) is 0 Å². The van der Waals surface area contributed by atoms with Gasteiger partial charge in [-0.2, -0.15) is 4.98 Å². The molecule has 33 heavy (non-hydrogen) atoms. The van der Waals surface area contributed by atoms with Crippen LogP contribution in [0.5, 0.6) is 5.75 Å². The number of nitrogens with zero attached hydrogens (tertiary/aromatic N) is 5. The van der Waals surface area contributed by atoms with E-state index >= 15 is 0 Å². The van der Waals surface area contributed by atoms with Crippen molar-refractivity contribution in [2.75, 3.05) is 12.1 Å². The topological polar surface area (TPSA) is 121 Å². The van der Waals surface area contributed by atoms with Crippen LogP contribution < -0.4 is 21.3 Å². The van der Waals surface area contributed by atoms with Crippen molar-refractivity contribution >= 4 is 5.69 Å². The number of fused-ring (bicyclic) bond motifs is 3. The Hall–Kier alpha value is -4.11. The number of hydrogen-bond donors (Lipinski definition) is 2. The zero-order valence-electron chi connectivity index (χ0n) is 18.5. The fourth-order valence-corrected chi connectivity index (χ4v) is 4.03. The molecule has 0 saturated heterocycles. The Morgan fingerprint density at radius 1 is 1.15 bits per heavy atom. The molecule has 9 nitrogen and oxygen atoms in total. The smallest absolute Gasteiger partial charge is 0.226 e. The van der Waals surface area contributed by atoms with E-state index in [1.807, 2.05) is 60.0 Å². The van der Waals surface area contributed by atoms with Crippen LogP contribution in [0.2, 0.25) is 0 Å². The first-order valence-corrected chi connectivity index (χ1v) is 10.7. The average Bonchev–Trinajstić information content (AvgIpc) is 3.46. The third-order valence-corrected chi connectivity index (χ3v) is 5.78. The summed E-state index contributed by atoms with van der Waals surface area (Å²) in [7, 11) is 1.63. The minimum Gasteiger partial charge on any atom is -0.497 e. The second-order valence-electron chi connectivity index (χ2n) is 7.81. The summed E-state index contributed by atoms with van der Waals surface area (Å²) in [6.07, 6.45) is 3.41. The van der Waals surface area contributed by atoms with E-state index in [0.717, 1.165) is 28.3 Å². The molecule has 9 heteroatoms. The van der Waals surface area contributed by atoms with Gasteiger partial charge < -0.3 is 15.0 Å². The minimum atomic E-state index is 0.442. The van der Waals surface area contributed by atoms with E-state index in [2.05, 4.69) is 15.1 Å². The van der Waals surface area contributed by atoms with Crippen molar-refractivity contribution in [1.82, 2.24) is 19.7 Å². The molecule has 2 aromatic heterocycles. The molecular formula is C24H25N7O2. The first-order chi connectivity index (χ1) is 16.1. The van der Waals surface area contributed by atoms with Crippen molar-refractivity contribution < 1.29 is 9.26 Å². The van der Waals surface area contributed by atoms with Gasteiger partial charge in [0.05, 0.1) is 29.9 Å². The Kier molecular flexibility index (Phi) is 5.31. The second-order valence-corrected chi connectivity index (χ2v) is 7.81. The van der Waals surface area contributed by atoms with Crippen molar-refractivity contribution in [3.8, 4) is 23.0 Å². The predicted octanol–water partition coefficient (Wildman–Crippen LogP) is 3.14. The quantitative estimate of drug-likeness (QED) is 0.451. The molecule has 4 aromatic rings. The number of anilines is 1. The number of aromatic nitrogens is 4. The van der Waals surface area contributed by atoms with Crippen LogP contribution >= 0.6 is 0 Å². The molecule has 1 aliphatic heterocycles. The lowest BCUT2D eigenvalue weighted by atomic mass is 10.1. The molecule has 0 spiro atoms. The minimum absolute atomic E-state index is 0.442. The highest BCUT2D eigenvalue weighted by Gasteiger charge is 2.28. The van der Waals surface area contributed by atoms with Crippen LogP contribution in [-0.2, 0) is 19.3 Å². The first kappa shape index (κ1) is 20.8. The molecule has 3 heterocycles. The number of hydrazine groups is 1. The summed E-state index contributed by atoms with van der Waals surface area (Å²) in [6.45, 7) is 1.96. The number of benzene rings is 2. The Labute approximate surface area is 191 Å². The molecule has 0 bridgehead atoms. The molecule has 0 atom stereocenters. The highest BCUT2D eigenvalue weighted by Crippen LogP contribution is 2.37. The van der Waals surface area contributed by atoms with E-state index in [1.165, 1.54) is 0 Å². The van der Waals surface area contributed by atoms with Crippen LogP contribution in [0.25, 0.3) is 17.2 Å². The molecule has 0 fully saturated rings. The summed E-state index contributed by atoms with van der Waals surface area (Å²) in [4.78, 5) is 9.11. The van der Waals surface area contributed by atoms with Crippen LogP contribution in [0.15, 0.2) is 70.8 Å². The van der Waals surface area contributed by atoms with Crippen molar-refractivity contribution in [2.45, 2.75) is 26.2 Å². The normalized spacial score (nSPS) is 14.5. The lowest BCUT2D eigenvalue weighted by Gasteiger charge is -2.24. The Morgan fingerprint density at radius 2 is 1.97 bits per heavy atom. The lowest BCUT2D eigenvalue weighted by Crippen LogP contribution is -2.33. The number of nitrogens with two attached hydrogens (primary N) is 2. The molecule has 2 aromatic carbocycles. The average molecular weight is 444 g/mol. The van der Waals surface area contributed by atoms with Gasteiger partial charge in [-0.3, -0.25) is 9.58 Å². The van der Waals surface area contributed by atoms with E-state index in [1.54, 1.807) is 18.4 Å². The maximum Gasteiger partial charge on any atom is 0.226 e. The summed E-state index contributed by atoms with van der Waals surface area (Å²) >= 11 is 0. The zero-order chi connectivity index (χ0) is 22.9. The van der Waals surface area contributed by atoms with E-state index in [4.69, 9.17) is 20.8 Å². The predicted molar refractivity (Wildman–Crippen MR) is 125 cm³/mol. The van der Waals surface area contributed by atoms with Crippen LogP contribution in [0.1, 0.15) is 24.1 Å². The van der Waals surface area contributed by atoms with Gasteiger partial charge in [-0.05, 0) is 17.7 Å². The highest BCUT2D eigenvalue weighted by atomic mass is 16.5. The van der Waals surface area contributed by atoms with Crippen molar-refractivity contribution in [3.63, 3.8) is 0 Å².